The Morgan fingerprint density at radius 3 is 2.71 bits per heavy atom. The van der Waals surface area contributed by atoms with Crippen LogP contribution in [0.3, 0.4) is 0 Å². The molecule has 1 unspecified atom stereocenters. The number of aliphatic carboxylic acids is 1. The average Bonchev–Trinajstić information content (AvgIpc) is 3.14. The molecule has 1 atom stereocenters. The van der Waals surface area contributed by atoms with Crippen LogP contribution < -0.4 is 20.1 Å². The molecule has 174 valence electrons. The van der Waals surface area contributed by atoms with Gasteiger partial charge in [-0.3, -0.25) is 9.48 Å². The zero-order chi connectivity index (χ0) is 23.8. The predicted molar refractivity (Wildman–Crippen MR) is 133 cm³/mol. The summed E-state index contributed by atoms with van der Waals surface area (Å²) in [4.78, 5) is 11.2. The number of carboxylic acid groups (broad SMARTS) is 1. The Bertz CT molecular complexity index is 1400. The molecule has 0 amide bonds. The number of hydrogen-bond donors (Lipinski definition) is 3. The van der Waals surface area contributed by atoms with Gasteiger partial charge in [-0.15, -0.1) is 0 Å². The van der Waals surface area contributed by atoms with Crippen molar-refractivity contribution in [3.05, 3.63) is 59.6 Å². The van der Waals surface area contributed by atoms with Gasteiger partial charge in [-0.1, -0.05) is 29.8 Å². The first kappa shape index (κ1) is 21.9. The maximum atomic E-state index is 11.2. The molecular weight excluding hydrogens is 456 g/mol. The van der Waals surface area contributed by atoms with Crippen molar-refractivity contribution in [1.29, 1.82) is 0 Å². The van der Waals surface area contributed by atoms with Crippen molar-refractivity contribution in [3.63, 3.8) is 0 Å². The summed E-state index contributed by atoms with van der Waals surface area (Å²) in [6.07, 6.45) is 0. The van der Waals surface area contributed by atoms with E-state index < -0.39 is 12.0 Å². The molecule has 0 saturated carbocycles. The summed E-state index contributed by atoms with van der Waals surface area (Å²) in [5, 5.41) is 21.5. The third-order valence-corrected chi connectivity index (χ3v) is 6.12. The smallest absolute Gasteiger partial charge is 0.325 e. The number of hydrogen-bond acceptors (Lipinski definition) is 6. The molecule has 5 rings (SSSR count). The molecule has 0 radical (unpaired) electrons. The standard InChI is InChI=1S/C25H23ClN4O4/c1-14(25(31)32)27-16-7-8-18-20(13-16)30(2)29-24(18)28-19-5-3-4-17(23(19)26)15-6-9-21-22(12-15)34-11-10-33-21/h3-9,12-14,27H,10-11H2,1-2H3,(H,28,29)(H,31,32). The second-order valence-electron chi connectivity index (χ2n) is 8.06. The van der Waals surface area contributed by atoms with Crippen molar-refractivity contribution in [3.8, 4) is 22.6 Å². The number of aryl methyl sites for hydroxylation is 1. The second-order valence-corrected chi connectivity index (χ2v) is 8.44. The van der Waals surface area contributed by atoms with E-state index in [1.165, 1.54) is 0 Å². The van der Waals surface area contributed by atoms with Gasteiger partial charge < -0.3 is 25.2 Å². The number of carboxylic acids is 1. The number of halogens is 1. The molecule has 1 aromatic heterocycles. The van der Waals surface area contributed by atoms with E-state index in [-0.39, 0.29) is 0 Å². The van der Waals surface area contributed by atoms with Crippen LogP contribution in [0, 0.1) is 0 Å². The minimum absolute atomic E-state index is 0.519. The van der Waals surface area contributed by atoms with Crippen LogP contribution in [0.4, 0.5) is 17.2 Å². The summed E-state index contributed by atoms with van der Waals surface area (Å²) in [6.45, 7) is 2.66. The number of anilines is 3. The van der Waals surface area contributed by atoms with E-state index >= 15 is 0 Å². The van der Waals surface area contributed by atoms with E-state index in [0.29, 0.717) is 35.5 Å². The monoisotopic (exact) mass is 478 g/mol. The number of ether oxygens (including phenoxy) is 2. The Balaban J connectivity index is 1.46. The van der Waals surface area contributed by atoms with Gasteiger partial charge in [0.05, 0.1) is 16.2 Å². The van der Waals surface area contributed by atoms with Gasteiger partial charge in [0.15, 0.2) is 17.3 Å². The Morgan fingerprint density at radius 1 is 1.12 bits per heavy atom. The molecule has 34 heavy (non-hydrogen) atoms. The van der Waals surface area contributed by atoms with E-state index in [1.807, 2.05) is 61.6 Å². The highest BCUT2D eigenvalue weighted by atomic mass is 35.5. The highest BCUT2D eigenvalue weighted by Gasteiger charge is 2.17. The second kappa shape index (κ2) is 8.79. The van der Waals surface area contributed by atoms with Crippen molar-refractivity contribution < 1.29 is 19.4 Å². The minimum Gasteiger partial charge on any atom is -0.486 e. The van der Waals surface area contributed by atoms with Crippen molar-refractivity contribution in [2.45, 2.75) is 13.0 Å². The number of benzene rings is 3. The van der Waals surface area contributed by atoms with Crippen LogP contribution in [0.5, 0.6) is 11.5 Å². The first-order chi connectivity index (χ1) is 16.4. The summed E-state index contributed by atoms with van der Waals surface area (Å²) in [5.74, 6) is 1.17. The molecule has 9 heteroatoms. The van der Waals surface area contributed by atoms with Crippen molar-refractivity contribution in [1.82, 2.24) is 9.78 Å². The van der Waals surface area contributed by atoms with Crippen LogP contribution >= 0.6 is 11.6 Å². The van der Waals surface area contributed by atoms with Gasteiger partial charge in [-0.05, 0) is 48.9 Å². The lowest BCUT2D eigenvalue weighted by molar-refractivity contribution is -0.137. The highest BCUT2D eigenvalue weighted by Crippen LogP contribution is 2.40. The van der Waals surface area contributed by atoms with E-state index in [2.05, 4.69) is 15.7 Å². The average molecular weight is 479 g/mol. The Labute approximate surface area is 201 Å². The Morgan fingerprint density at radius 2 is 1.91 bits per heavy atom. The van der Waals surface area contributed by atoms with Gasteiger partial charge in [-0.2, -0.15) is 5.10 Å². The maximum Gasteiger partial charge on any atom is 0.325 e. The van der Waals surface area contributed by atoms with Gasteiger partial charge >= 0.3 is 5.97 Å². The molecule has 0 saturated heterocycles. The number of carbonyl (C=O) groups is 1. The van der Waals surface area contributed by atoms with Crippen LogP contribution in [0.2, 0.25) is 5.02 Å². The lowest BCUT2D eigenvalue weighted by Gasteiger charge is -2.19. The lowest BCUT2D eigenvalue weighted by Crippen LogP contribution is -2.25. The number of nitrogens with zero attached hydrogens (tertiary/aromatic N) is 2. The van der Waals surface area contributed by atoms with Gasteiger partial charge in [0.1, 0.15) is 19.3 Å². The number of fused-ring (bicyclic) bond motifs is 2. The summed E-state index contributed by atoms with van der Waals surface area (Å²) < 4.78 is 13.1. The predicted octanol–water partition coefficient (Wildman–Crippen LogP) is 5.29. The van der Waals surface area contributed by atoms with Gasteiger partial charge in [0, 0.05) is 23.7 Å². The molecule has 3 aromatic carbocycles. The normalized spacial score (nSPS) is 13.5. The van der Waals surface area contributed by atoms with E-state index in [9.17, 15) is 4.79 Å². The first-order valence-corrected chi connectivity index (χ1v) is 11.2. The maximum absolute atomic E-state index is 11.2. The lowest BCUT2D eigenvalue weighted by atomic mass is 10.0. The first-order valence-electron chi connectivity index (χ1n) is 10.8. The Hall–Kier alpha value is -3.91. The molecule has 2 heterocycles. The molecule has 0 spiro atoms. The van der Waals surface area contributed by atoms with E-state index in [0.717, 1.165) is 33.5 Å². The molecule has 1 aliphatic rings. The summed E-state index contributed by atoms with van der Waals surface area (Å²) in [5.41, 5.74) is 4.06. The van der Waals surface area contributed by atoms with Crippen LogP contribution in [0.15, 0.2) is 54.6 Å². The fourth-order valence-electron chi connectivity index (χ4n) is 3.94. The molecule has 3 N–H and O–H groups in total. The van der Waals surface area contributed by atoms with Crippen LogP contribution in [0.1, 0.15) is 6.92 Å². The van der Waals surface area contributed by atoms with E-state index in [1.54, 1.807) is 11.6 Å². The molecule has 4 aromatic rings. The summed E-state index contributed by atoms with van der Waals surface area (Å²) in [7, 11) is 1.84. The van der Waals surface area contributed by atoms with Gasteiger partial charge in [-0.25, -0.2) is 0 Å². The zero-order valence-electron chi connectivity index (χ0n) is 18.6. The molecule has 0 bridgehead atoms. The minimum atomic E-state index is -0.917. The third kappa shape index (κ3) is 4.08. The van der Waals surface area contributed by atoms with Gasteiger partial charge in [0.2, 0.25) is 0 Å². The third-order valence-electron chi connectivity index (χ3n) is 5.71. The highest BCUT2D eigenvalue weighted by molar-refractivity contribution is 6.36. The fourth-order valence-corrected chi connectivity index (χ4v) is 4.22. The topological polar surface area (TPSA) is 97.6 Å². The number of rotatable bonds is 6. The van der Waals surface area contributed by atoms with E-state index in [4.69, 9.17) is 26.2 Å². The largest absolute Gasteiger partial charge is 0.486 e. The molecule has 8 nitrogen and oxygen atoms in total. The summed E-state index contributed by atoms with van der Waals surface area (Å²) >= 11 is 6.81. The molecular formula is C25H23ClN4O4. The molecule has 0 aliphatic carbocycles. The number of nitrogens with one attached hydrogen (secondary N) is 2. The zero-order valence-corrected chi connectivity index (χ0v) is 19.4. The Kier molecular flexibility index (Phi) is 5.67. The fraction of sp³-hybridized carbons (Fsp3) is 0.200. The van der Waals surface area contributed by atoms with Crippen LogP contribution in [0.25, 0.3) is 22.0 Å². The van der Waals surface area contributed by atoms with Crippen LogP contribution in [-0.4, -0.2) is 40.1 Å². The molecule has 1 aliphatic heterocycles. The van der Waals surface area contributed by atoms with Crippen LogP contribution in [-0.2, 0) is 11.8 Å². The van der Waals surface area contributed by atoms with Gasteiger partial charge in [0.25, 0.3) is 0 Å². The summed E-state index contributed by atoms with van der Waals surface area (Å²) in [6, 6.07) is 16.5. The van der Waals surface area contributed by atoms with Crippen molar-refractivity contribution >= 4 is 45.7 Å². The number of aromatic nitrogens is 2. The quantitative estimate of drug-likeness (QED) is 0.346. The SMILES string of the molecule is CC(Nc1ccc2c(Nc3cccc(-c4ccc5c(c4)OCCO5)c3Cl)nn(C)c2c1)C(=O)O. The molecule has 0 fully saturated rings. The van der Waals surface area contributed by atoms with Crippen molar-refractivity contribution in [2.24, 2.45) is 7.05 Å². The van der Waals surface area contributed by atoms with Crippen molar-refractivity contribution in [2.75, 3.05) is 23.8 Å².